The highest BCUT2D eigenvalue weighted by Crippen LogP contribution is 2.18. The van der Waals surface area contributed by atoms with Crippen molar-refractivity contribution in [2.45, 2.75) is 17.9 Å². The number of fused-ring (bicyclic) bond motifs is 1. The summed E-state index contributed by atoms with van der Waals surface area (Å²) in [5.41, 5.74) is 1.70. The van der Waals surface area contributed by atoms with Crippen molar-refractivity contribution < 1.29 is 14.1 Å². The van der Waals surface area contributed by atoms with Crippen LogP contribution in [0.5, 0.6) is 0 Å². The lowest BCUT2D eigenvalue weighted by Gasteiger charge is -2.08. The third kappa shape index (κ3) is 2.56. The molecule has 18 heavy (non-hydrogen) atoms. The molecule has 1 N–H and O–H groups in total. The highest BCUT2D eigenvalue weighted by molar-refractivity contribution is 7.85. The van der Waals surface area contributed by atoms with Crippen molar-refractivity contribution >= 4 is 27.7 Å². The van der Waals surface area contributed by atoms with Gasteiger partial charge >= 0.3 is 5.97 Å². The van der Waals surface area contributed by atoms with E-state index in [0.29, 0.717) is 0 Å². The van der Waals surface area contributed by atoms with Crippen LogP contribution < -0.4 is 0 Å². The Balaban J connectivity index is 2.32. The molecule has 0 radical (unpaired) electrons. The highest BCUT2D eigenvalue weighted by atomic mass is 32.2. The minimum absolute atomic E-state index is 0.233. The summed E-state index contributed by atoms with van der Waals surface area (Å²) >= 11 is 0. The van der Waals surface area contributed by atoms with E-state index in [1.54, 1.807) is 12.3 Å². The molecule has 0 saturated carbocycles. The fourth-order valence-electron chi connectivity index (χ4n) is 1.67. The molecule has 0 aliphatic carbocycles. The van der Waals surface area contributed by atoms with Crippen molar-refractivity contribution in [2.75, 3.05) is 0 Å². The van der Waals surface area contributed by atoms with Gasteiger partial charge < -0.3 is 5.11 Å². The lowest BCUT2D eigenvalue weighted by atomic mass is 10.1. The van der Waals surface area contributed by atoms with Gasteiger partial charge in [0.1, 0.15) is 5.25 Å². The maximum Gasteiger partial charge on any atom is 0.318 e. The van der Waals surface area contributed by atoms with E-state index in [9.17, 15) is 9.00 Å². The van der Waals surface area contributed by atoms with Crippen molar-refractivity contribution in [3.8, 4) is 0 Å². The average Bonchev–Trinajstić information content (AvgIpc) is 2.38. The normalized spacial score (nSPS) is 14.3. The van der Waals surface area contributed by atoms with Gasteiger partial charge in [-0.3, -0.25) is 14.0 Å². The van der Waals surface area contributed by atoms with Crippen molar-refractivity contribution in [2.24, 2.45) is 0 Å². The molecule has 0 saturated heterocycles. The summed E-state index contributed by atoms with van der Waals surface area (Å²) in [6.07, 6.45) is 1.65. The van der Waals surface area contributed by atoms with Crippen molar-refractivity contribution in [3.05, 3.63) is 42.1 Å². The first-order valence-corrected chi connectivity index (χ1v) is 6.90. The minimum Gasteiger partial charge on any atom is -0.480 e. The molecule has 1 heterocycles. The average molecular weight is 263 g/mol. The Bertz CT molecular complexity index is 607. The number of aromatic nitrogens is 1. The van der Waals surface area contributed by atoms with E-state index in [4.69, 9.17) is 5.11 Å². The zero-order valence-corrected chi connectivity index (χ0v) is 10.7. The van der Waals surface area contributed by atoms with E-state index in [0.717, 1.165) is 16.5 Å². The Labute approximate surface area is 107 Å². The molecule has 0 bridgehead atoms. The number of rotatable bonds is 4. The zero-order chi connectivity index (χ0) is 13.1. The van der Waals surface area contributed by atoms with Gasteiger partial charge in [0.15, 0.2) is 0 Å². The number of benzene rings is 1. The van der Waals surface area contributed by atoms with Gasteiger partial charge in [0.25, 0.3) is 0 Å². The summed E-state index contributed by atoms with van der Waals surface area (Å²) in [5.74, 6) is -0.803. The number of nitrogens with zero attached hydrogens (tertiary/aromatic N) is 1. The largest absolute Gasteiger partial charge is 0.480 e. The molecule has 94 valence electrons. The third-order valence-corrected chi connectivity index (χ3v) is 4.37. The number of hydrogen-bond donors (Lipinski definition) is 1. The smallest absolute Gasteiger partial charge is 0.318 e. The predicted octanol–water partition coefficient (Wildman–Crippen LogP) is 1.96. The molecular weight excluding hydrogens is 250 g/mol. The predicted molar refractivity (Wildman–Crippen MR) is 70.7 cm³/mol. The molecule has 1 aromatic carbocycles. The van der Waals surface area contributed by atoms with Gasteiger partial charge in [0, 0.05) is 22.4 Å². The van der Waals surface area contributed by atoms with Crippen LogP contribution in [-0.2, 0) is 21.3 Å². The van der Waals surface area contributed by atoms with Crippen molar-refractivity contribution in [1.29, 1.82) is 0 Å². The van der Waals surface area contributed by atoms with Crippen LogP contribution in [0.25, 0.3) is 10.9 Å². The van der Waals surface area contributed by atoms with Crippen LogP contribution in [0.4, 0.5) is 0 Å². The van der Waals surface area contributed by atoms with Crippen LogP contribution in [0, 0.1) is 0 Å². The number of para-hydroxylation sites is 1. The van der Waals surface area contributed by atoms with E-state index in [-0.39, 0.29) is 5.75 Å². The van der Waals surface area contributed by atoms with E-state index in [1.165, 1.54) is 6.92 Å². The Hall–Kier alpha value is -1.75. The van der Waals surface area contributed by atoms with Gasteiger partial charge in [-0.25, -0.2) is 0 Å². The third-order valence-electron chi connectivity index (χ3n) is 2.78. The van der Waals surface area contributed by atoms with E-state index in [2.05, 4.69) is 4.98 Å². The Kier molecular flexibility index (Phi) is 3.72. The van der Waals surface area contributed by atoms with Gasteiger partial charge in [-0.1, -0.05) is 18.2 Å². The van der Waals surface area contributed by atoms with Crippen LogP contribution in [0.3, 0.4) is 0 Å². The summed E-state index contributed by atoms with van der Waals surface area (Å²) in [6, 6.07) is 9.34. The quantitative estimate of drug-likeness (QED) is 0.915. The number of carboxylic acids is 1. The fraction of sp³-hybridized carbons (Fsp3) is 0.231. The molecule has 0 fully saturated rings. The topological polar surface area (TPSA) is 67.3 Å². The molecule has 0 amide bonds. The molecule has 2 aromatic rings. The lowest BCUT2D eigenvalue weighted by molar-refractivity contribution is -0.136. The molecule has 0 aliphatic rings. The second-order valence-electron chi connectivity index (χ2n) is 3.99. The van der Waals surface area contributed by atoms with Crippen LogP contribution >= 0.6 is 0 Å². The Morgan fingerprint density at radius 2 is 2.11 bits per heavy atom. The molecule has 4 nitrogen and oxygen atoms in total. The Morgan fingerprint density at radius 1 is 1.39 bits per heavy atom. The van der Waals surface area contributed by atoms with Gasteiger partial charge in [-0.05, 0) is 24.6 Å². The highest BCUT2D eigenvalue weighted by Gasteiger charge is 2.19. The fourth-order valence-corrected chi connectivity index (χ4v) is 2.70. The number of carbonyl (C=O) groups is 1. The van der Waals surface area contributed by atoms with Gasteiger partial charge in [0.2, 0.25) is 0 Å². The zero-order valence-electron chi connectivity index (χ0n) is 9.87. The number of pyridine rings is 1. The number of hydrogen-bond acceptors (Lipinski definition) is 3. The van der Waals surface area contributed by atoms with Crippen molar-refractivity contribution in [1.82, 2.24) is 4.98 Å². The Morgan fingerprint density at radius 3 is 2.83 bits per heavy atom. The van der Waals surface area contributed by atoms with Crippen molar-refractivity contribution in [3.63, 3.8) is 0 Å². The van der Waals surface area contributed by atoms with Crippen LogP contribution in [0.1, 0.15) is 12.5 Å². The first-order valence-electron chi connectivity index (χ1n) is 5.52. The SMILES string of the molecule is CC(C(=O)O)S(=O)Cc1ccnc2ccccc12. The van der Waals surface area contributed by atoms with Gasteiger partial charge in [-0.15, -0.1) is 0 Å². The van der Waals surface area contributed by atoms with E-state index >= 15 is 0 Å². The summed E-state index contributed by atoms with van der Waals surface area (Å²) in [7, 11) is -1.43. The minimum atomic E-state index is -1.43. The van der Waals surface area contributed by atoms with Crippen LogP contribution in [0.2, 0.25) is 0 Å². The number of aliphatic carboxylic acids is 1. The molecule has 5 heteroatoms. The summed E-state index contributed by atoms with van der Waals surface area (Å²) < 4.78 is 11.9. The summed E-state index contributed by atoms with van der Waals surface area (Å²) in [5, 5.41) is 8.90. The molecule has 2 atom stereocenters. The molecule has 0 spiro atoms. The lowest BCUT2D eigenvalue weighted by Crippen LogP contribution is -2.22. The molecule has 1 aromatic heterocycles. The second-order valence-corrected chi connectivity index (χ2v) is 5.75. The number of carboxylic acid groups (broad SMARTS) is 1. The maximum atomic E-state index is 11.9. The maximum absolute atomic E-state index is 11.9. The molecular formula is C13H13NO3S. The van der Waals surface area contributed by atoms with E-state index < -0.39 is 22.0 Å². The molecule has 2 rings (SSSR count). The first-order chi connectivity index (χ1) is 8.59. The van der Waals surface area contributed by atoms with Gasteiger partial charge in [0.05, 0.1) is 11.3 Å². The van der Waals surface area contributed by atoms with E-state index in [1.807, 2.05) is 24.3 Å². The standard InChI is InChI=1S/C13H13NO3S/c1-9(13(15)16)18(17)8-10-6-7-14-12-5-3-2-4-11(10)12/h2-7,9H,8H2,1H3,(H,15,16). The second kappa shape index (κ2) is 5.27. The monoisotopic (exact) mass is 263 g/mol. The van der Waals surface area contributed by atoms with Crippen LogP contribution in [0.15, 0.2) is 36.5 Å². The molecule has 0 aliphatic heterocycles. The first kappa shape index (κ1) is 12.7. The summed E-state index contributed by atoms with van der Waals surface area (Å²) in [4.78, 5) is 15.0. The van der Waals surface area contributed by atoms with Gasteiger partial charge in [-0.2, -0.15) is 0 Å². The van der Waals surface area contributed by atoms with Crippen LogP contribution in [-0.4, -0.2) is 25.5 Å². The summed E-state index contributed by atoms with van der Waals surface area (Å²) in [6.45, 7) is 1.46. The molecule has 2 unspecified atom stereocenters.